The van der Waals surface area contributed by atoms with Crippen molar-refractivity contribution in [2.24, 2.45) is 5.73 Å². The number of carbonyl (C=O) groups excluding carboxylic acids is 3. The highest BCUT2D eigenvalue weighted by Crippen LogP contribution is 2.45. The van der Waals surface area contributed by atoms with Crippen LogP contribution in [0.3, 0.4) is 0 Å². The summed E-state index contributed by atoms with van der Waals surface area (Å²) >= 11 is 1.36. The molecule has 1 aromatic rings. The fourth-order valence-electron chi connectivity index (χ4n) is 3.78. The Hall–Kier alpha value is -2.34. The molecule has 0 saturated carbocycles. The molecule has 5 nitrogen and oxygen atoms in total. The van der Waals surface area contributed by atoms with Gasteiger partial charge in [-0.2, -0.15) is 0 Å². The fourth-order valence-corrected chi connectivity index (χ4v) is 5.05. The monoisotopic (exact) mass is 412 g/mol. The molecule has 1 aliphatic heterocycles. The number of hydrogen-bond donors (Lipinski definition) is 2. The molecule has 29 heavy (non-hydrogen) atoms. The molecule has 6 heteroatoms. The van der Waals surface area contributed by atoms with Crippen molar-refractivity contribution in [3.63, 3.8) is 0 Å². The highest BCUT2D eigenvalue weighted by molar-refractivity contribution is 8.03. The van der Waals surface area contributed by atoms with E-state index < -0.39 is 5.91 Å². The highest BCUT2D eigenvalue weighted by atomic mass is 32.2. The van der Waals surface area contributed by atoms with E-state index in [0.29, 0.717) is 23.4 Å². The van der Waals surface area contributed by atoms with Gasteiger partial charge in [0.05, 0.1) is 5.57 Å². The Bertz CT molecular complexity index is 886. The first-order chi connectivity index (χ1) is 14.0. The van der Waals surface area contributed by atoms with Gasteiger partial charge in [0, 0.05) is 40.3 Å². The van der Waals surface area contributed by atoms with Gasteiger partial charge < -0.3 is 11.1 Å². The fraction of sp³-hybridized carbons (Fsp3) is 0.435. The molecule has 154 valence electrons. The lowest BCUT2D eigenvalue weighted by atomic mass is 9.86. The van der Waals surface area contributed by atoms with Gasteiger partial charge in [0.2, 0.25) is 11.8 Å². The Balaban J connectivity index is 1.73. The number of rotatable bonds is 9. The summed E-state index contributed by atoms with van der Waals surface area (Å²) in [6, 6.07) is 7.80. The van der Waals surface area contributed by atoms with Crippen LogP contribution in [0.5, 0.6) is 0 Å². The second-order valence-corrected chi connectivity index (χ2v) is 8.59. The number of hydrogen-bond acceptors (Lipinski definition) is 4. The van der Waals surface area contributed by atoms with Crippen LogP contribution in [0.4, 0.5) is 0 Å². The quantitative estimate of drug-likeness (QED) is 0.604. The van der Waals surface area contributed by atoms with Crippen molar-refractivity contribution >= 4 is 29.4 Å². The van der Waals surface area contributed by atoms with Gasteiger partial charge in [-0.1, -0.05) is 69.0 Å². The third-order valence-corrected chi connectivity index (χ3v) is 6.64. The molecule has 2 amide bonds. The third kappa shape index (κ3) is 4.99. The first kappa shape index (κ1) is 21.4. The number of nitrogens with one attached hydrogen (secondary N) is 1. The van der Waals surface area contributed by atoms with Crippen molar-refractivity contribution in [2.75, 3.05) is 6.54 Å². The number of fused-ring (bicyclic) bond motifs is 1. The van der Waals surface area contributed by atoms with Crippen LogP contribution in [0.2, 0.25) is 0 Å². The molecule has 3 rings (SSSR count). The lowest BCUT2D eigenvalue weighted by molar-refractivity contribution is -0.121. The largest absolute Gasteiger partial charge is 0.366 e. The average molecular weight is 413 g/mol. The maximum absolute atomic E-state index is 12.8. The van der Waals surface area contributed by atoms with E-state index in [1.165, 1.54) is 31.0 Å². The Kier molecular flexibility index (Phi) is 7.31. The van der Waals surface area contributed by atoms with E-state index in [4.69, 9.17) is 5.73 Å². The Morgan fingerprint density at radius 2 is 1.79 bits per heavy atom. The molecule has 0 spiro atoms. The van der Waals surface area contributed by atoms with Gasteiger partial charge in [0.15, 0.2) is 5.78 Å². The molecule has 1 aromatic carbocycles. The van der Waals surface area contributed by atoms with E-state index in [-0.39, 0.29) is 29.3 Å². The van der Waals surface area contributed by atoms with Crippen LogP contribution < -0.4 is 11.1 Å². The van der Waals surface area contributed by atoms with Gasteiger partial charge in [-0.15, -0.1) is 0 Å². The zero-order valence-electron chi connectivity index (χ0n) is 16.9. The van der Waals surface area contributed by atoms with Crippen LogP contribution in [0.15, 0.2) is 50.8 Å². The highest BCUT2D eigenvalue weighted by Gasteiger charge is 2.36. The number of benzene rings is 1. The number of amides is 2. The topological polar surface area (TPSA) is 89.3 Å². The van der Waals surface area contributed by atoms with Crippen molar-refractivity contribution in [2.45, 2.75) is 63.2 Å². The van der Waals surface area contributed by atoms with E-state index in [1.54, 1.807) is 0 Å². The summed E-state index contributed by atoms with van der Waals surface area (Å²) in [6.45, 7) is 2.72. The van der Waals surface area contributed by atoms with Gasteiger partial charge in [0.25, 0.3) is 0 Å². The summed E-state index contributed by atoms with van der Waals surface area (Å²) in [5.41, 5.74) is 7.72. The van der Waals surface area contributed by atoms with E-state index in [0.717, 1.165) is 29.7 Å². The first-order valence-corrected chi connectivity index (χ1v) is 11.2. The number of carbonyl (C=O) groups is 3. The summed E-state index contributed by atoms with van der Waals surface area (Å²) in [4.78, 5) is 39.3. The molecule has 0 fully saturated rings. The minimum atomic E-state index is -0.651. The van der Waals surface area contributed by atoms with Crippen LogP contribution >= 0.6 is 11.8 Å². The molecular formula is C23H28N2O3S. The molecule has 0 unspecified atom stereocenters. The van der Waals surface area contributed by atoms with E-state index in [9.17, 15) is 14.4 Å². The van der Waals surface area contributed by atoms with E-state index in [1.807, 2.05) is 24.3 Å². The maximum atomic E-state index is 12.8. The molecule has 1 heterocycles. The summed E-state index contributed by atoms with van der Waals surface area (Å²) in [5.74, 6) is -1.11. The van der Waals surface area contributed by atoms with Gasteiger partial charge in [0.1, 0.15) is 0 Å². The Morgan fingerprint density at radius 1 is 1.07 bits per heavy atom. The molecule has 0 bridgehead atoms. The van der Waals surface area contributed by atoms with Gasteiger partial charge in [-0.25, -0.2) is 0 Å². The summed E-state index contributed by atoms with van der Waals surface area (Å²) < 4.78 is 0. The van der Waals surface area contributed by atoms with E-state index in [2.05, 4.69) is 12.2 Å². The molecule has 1 aliphatic carbocycles. The average Bonchev–Trinajstić information content (AvgIpc) is 2.71. The smallest absolute Gasteiger partial charge is 0.250 e. The molecule has 3 N–H and O–H groups in total. The molecule has 0 atom stereocenters. The van der Waals surface area contributed by atoms with Crippen LogP contribution in [0, 0.1) is 0 Å². The summed E-state index contributed by atoms with van der Waals surface area (Å²) in [6.07, 6.45) is 7.16. The predicted molar refractivity (Wildman–Crippen MR) is 115 cm³/mol. The van der Waals surface area contributed by atoms with Crippen LogP contribution in [-0.4, -0.2) is 24.1 Å². The predicted octanol–water partition coefficient (Wildman–Crippen LogP) is 3.82. The zero-order chi connectivity index (χ0) is 20.8. The number of nitrogens with two attached hydrogens (primary N) is 1. The van der Waals surface area contributed by atoms with Gasteiger partial charge >= 0.3 is 0 Å². The Morgan fingerprint density at radius 3 is 2.55 bits per heavy atom. The van der Waals surface area contributed by atoms with Crippen molar-refractivity contribution in [3.05, 3.63) is 51.5 Å². The van der Waals surface area contributed by atoms with Crippen molar-refractivity contribution in [3.8, 4) is 0 Å². The molecule has 0 radical (unpaired) electrons. The van der Waals surface area contributed by atoms with Gasteiger partial charge in [-0.3, -0.25) is 14.4 Å². The first-order valence-electron chi connectivity index (χ1n) is 10.4. The van der Waals surface area contributed by atoms with E-state index >= 15 is 0 Å². The summed E-state index contributed by atoms with van der Waals surface area (Å²) in [7, 11) is 0. The number of Topliss-reactive ketones (excluding diaryl/α,β-unsaturated/α-hetero) is 1. The molecule has 2 aliphatic rings. The Labute approximate surface area is 176 Å². The maximum Gasteiger partial charge on any atom is 0.250 e. The van der Waals surface area contributed by atoms with Crippen LogP contribution in [0.25, 0.3) is 0 Å². The minimum absolute atomic E-state index is 0.0673. The SMILES string of the molecule is CCCCCCCCNC(=O)C1=C(C(N)=O)C2=C(Cc3ccccc3S2)C(=O)C1. The zero-order valence-corrected chi connectivity index (χ0v) is 17.7. The standard InChI is InChI=1S/C23H28N2O3S/c1-2-3-4-5-6-9-12-25-23(28)17-14-18(26)16-13-15-10-7-8-11-19(15)29-21(16)20(17)22(24)27/h7-8,10-11H,2-6,9,12-14H2,1H3,(H2,24,27)(H,25,28). The number of allylic oxidation sites excluding steroid dienone is 1. The molecule has 0 saturated heterocycles. The number of primary amides is 1. The minimum Gasteiger partial charge on any atom is -0.366 e. The van der Waals surface area contributed by atoms with Crippen LogP contribution in [0.1, 0.15) is 57.4 Å². The van der Waals surface area contributed by atoms with Crippen molar-refractivity contribution < 1.29 is 14.4 Å². The molecular weight excluding hydrogens is 384 g/mol. The van der Waals surface area contributed by atoms with Crippen molar-refractivity contribution in [1.82, 2.24) is 5.32 Å². The molecule has 0 aromatic heterocycles. The lowest BCUT2D eigenvalue weighted by Gasteiger charge is -2.27. The van der Waals surface area contributed by atoms with Gasteiger partial charge in [-0.05, 0) is 18.1 Å². The third-order valence-electron chi connectivity index (χ3n) is 5.37. The number of unbranched alkanes of at least 4 members (excludes halogenated alkanes) is 5. The normalized spacial score (nSPS) is 15.8. The number of ketones is 1. The second kappa shape index (κ2) is 9.92. The second-order valence-electron chi connectivity index (χ2n) is 7.54. The summed E-state index contributed by atoms with van der Waals surface area (Å²) in [5, 5.41) is 2.87. The van der Waals surface area contributed by atoms with Crippen molar-refractivity contribution in [1.29, 1.82) is 0 Å². The lowest BCUT2D eigenvalue weighted by Crippen LogP contribution is -2.34. The van der Waals surface area contributed by atoms with Crippen LogP contribution in [-0.2, 0) is 20.8 Å². The number of thioether (sulfide) groups is 1.